The highest BCUT2D eigenvalue weighted by atomic mass is 16.5. The molecule has 0 aliphatic carbocycles. The number of aromatic hydroxyl groups is 1. The summed E-state index contributed by atoms with van der Waals surface area (Å²) >= 11 is 0. The molecular weight excluding hydrogens is 364 g/mol. The standard InChI is InChI=1S/C24H24N2O3/c1-3-8-20-13-17(14-22(24(20)28)29-4-2)16-25-26-23(27)15-19-11-7-10-18-9-5-6-12-21(18)19/h3,5-7,9-14,16,28H,1,4,8,15H2,2H3,(H,26,27)/b25-16-. The van der Waals surface area contributed by atoms with E-state index in [0.717, 1.165) is 16.3 Å². The van der Waals surface area contributed by atoms with Crippen LogP contribution >= 0.6 is 0 Å². The van der Waals surface area contributed by atoms with Gasteiger partial charge in [-0.15, -0.1) is 6.58 Å². The Kier molecular flexibility index (Phi) is 6.63. The highest BCUT2D eigenvalue weighted by molar-refractivity contribution is 5.90. The third kappa shape index (κ3) is 5.02. The van der Waals surface area contributed by atoms with Gasteiger partial charge in [-0.3, -0.25) is 4.79 Å². The number of hydrazone groups is 1. The van der Waals surface area contributed by atoms with Gasteiger partial charge in [-0.2, -0.15) is 5.10 Å². The van der Waals surface area contributed by atoms with Crippen LogP contribution in [0.15, 0.2) is 72.4 Å². The molecule has 3 aromatic carbocycles. The van der Waals surface area contributed by atoms with Crippen molar-refractivity contribution in [3.05, 3.63) is 83.9 Å². The Morgan fingerprint density at radius 1 is 1.17 bits per heavy atom. The van der Waals surface area contributed by atoms with Crippen molar-refractivity contribution in [2.24, 2.45) is 5.10 Å². The Labute approximate surface area is 170 Å². The monoisotopic (exact) mass is 388 g/mol. The Hall–Kier alpha value is -3.60. The fourth-order valence-corrected chi connectivity index (χ4v) is 3.18. The first-order valence-corrected chi connectivity index (χ1v) is 9.50. The quantitative estimate of drug-likeness (QED) is 0.342. The van der Waals surface area contributed by atoms with Crippen molar-refractivity contribution in [3.8, 4) is 11.5 Å². The Morgan fingerprint density at radius 2 is 1.97 bits per heavy atom. The zero-order valence-electron chi connectivity index (χ0n) is 16.4. The molecule has 0 aliphatic rings. The van der Waals surface area contributed by atoms with Crippen molar-refractivity contribution in [1.29, 1.82) is 0 Å². The van der Waals surface area contributed by atoms with Crippen molar-refractivity contribution < 1.29 is 14.6 Å². The smallest absolute Gasteiger partial charge is 0.244 e. The van der Waals surface area contributed by atoms with Crippen molar-refractivity contribution in [3.63, 3.8) is 0 Å². The van der Waals surface area contributed by atoms with Gasteiger partial charge in [-0.05, 0) is 47.4 Å². The first kappa shape index (κ1) is 20.1. The molecule has 3 aromatic rings. The molecule has 0 fully saturated rings. The number of carbonyl (C=O) groups is 1. The van der Waals surface area contributed by atoms with Crippen LogP contribution in [0.3, 0.4) is 0 Å². The van der Waals surface area contributed by atoms with Crippen molar-refractivity contribution in [2.45, 2.75) is 19.8 Å². The molecule has 2 N–H and O–H groups in total. The van der Waals surface area contributed by atoms with Crippen LogP contribution in [-0.2, 0) is 17.6 Å². The van der Waals surface area contributed by atoms with E-state index in [-0.39, 0.29) is 18.1 Å². The zero-order valence-corrected chi connectivity index (χ0v) is 16.4. The third-order valence-corrected chi connectivity index (χ3v) is 4.47. The fraction of sp³-hybridized carbons (Fsp3) is 0.167. The summed E-state index contributed by atoms with van der Waals surface area (Å²) in [5.41, 5.74) is 4.93. The number of phenols is 1. The van der Waals surface area contributed by atoms with Crippen LogP contribution in [0.25, 0.3) is 10.8 Å². The van der Waals surface area contributed by atoms with E-state index < -0.39 is 0 Å². The first-order valence-electron chi connectivity index (χ1n) is 9.50. The summed E-state index contributed by atoms with van der Waals surface area (Å²) in [6.07, 6.45) is 3.98. The number of hydrogen-bond acceptors (Lipinski definition) is 4. The lowest BCUT2D eigenvalue weighted by Crippen LogP contribution is -2.19. The zero-order chi connectivity index (χ0) is 20.6. The van der Waals surface area contributed by atoms with Crippen molar-refractivity contribution >= 4 is 22.9 Å². The minimum atomic E-state index is -0.201. The molecule has 1 amide bonds. The van der Waals surface area contributed by atoms with Gasteiger partial charge in [-0.25, -0.2) is 5.43 Å². The molecule has 29 heavy (non-hydrogen) atoms. The van der Waals surface area contributed by atoms with Crippen LogP contribution in [0.2, 0.25) is 0 Å². The molecule has 0 radical (unpaired) electrons. The maximum absolute atomic E-state index is 12.3. The largest absolute Gasteiger partial charge is 0.504 e. The number of benzene rings is 3. The van der Waals surface area contributed by atoms with E-state index in [1.165, 1.54) is 6.21 Å². The number of rotatable bonds is 8. The van der Waals surface area contributed by atoms with Crippen LogP contribution in [-0.4, -0.2) is 23.8 Å². The molecule has 0 bridgehead atoms. The second kappa shape index (κ2) is 9.55. The van der Waals surface area contributed by atoms with Gasteiger partial charge in [0.15, 0.2) is 11.5 Å². The Morgan fingerprint density at radius 3 is 2.76 bits per heavy atom. The first-order chi connectivity index (χ1) is 14.1. The molecule has 0 saturated carbocycles. The SMILES string of the molecule is C=CCc1cc(/C=N\NC(=O)Cc2cccc3ccccc23)cc(OCC)c1O. The maximum Gasteiger partial charge on any atom is 0.244 e. The van der Waals surface area contributed by atoms with Gasteiger partial charge in [-0.1, -0.05) is 48.5 Å². The molecule has 3 rings (SSSR count). The summed E-state index contributed by atoms with van der Waals surface area (Å²) in [5, 5.41) is 16.5. The van der Waals surface area contributed by atoms with Gasteiger partial charge in [0.2, 0.25) is 5.91 Å². The molecule has 0 atom stereocenters. The average Bonchev–Trinajstić information content (AvgIpc) is 2.72. The molecule has 0 spiro atoms. The van der Waals surface area contributed by atoms with Crippen LogP contribution < -0.4 is 10.2 Å². The minimum absolute atomic E-state index is 0.101. The molecular formula is C24H24N2O3. The van der Waals surface area contributed by atoms with Crippen molar-refractivity contribution in [2.75, 3.05) is 6.61 Å². The lowest BCUT2D eigenvalue weighted by Gasteiger charge is -2.11. The Bertz CT molecular complexity index is 1050. The normalized spacial score (nSPS) is 10.9. The number of ether oxygens (including phenoxy) is 1. The van der Waals surface area contributed by atoms with Gasteiger partial charge in [0.1, 0.15) is 0 Å². The van der Waals surface area contributed by atoms with Gasteiger partial charge < -0.3 is 9.84 Å². The van der Waals surface area contributed by atoms with Gasteiger partial charge in [0.05, 0.1) is 19.2 Å². The molecule has 0 aromatic heterocycles. The van der Waals surface area contributed by atoms with Crippen molar-refractivity contribution in [1.82, 2.24) is 5.43 Å². The third-order valence-electron chi connectivity index (χ3n) is 4.47. The molecule has 0 aliphatic heterocycles. The molecule has 0 heterocycles. The number of allylic oxidation sites excluding steroid dienone is 1. The summed E-state index contributed by atoms with van der Waals surface area (Å²) in [6, 6.07) is 17.4. The molecule has 5 nitrogen and oxygen atoms in total. The molecule has 0 unspecified atom stereocenters. The van der Waals surface area contributed by atoms with E-state index in [2.05, 4.69) is 17.1 Å². The summed E-state index contributed by atoms with van der Waals surface area (Å²) in [4.78, 5) is 12.3. The van der Waals surface area contributed by atoms with Gasteiger partial charge >= 0.3 is 0 Å². The number of hydrogen-bond donors (Lipinski definition) is 2. The molecule has 5 heteroatoms. The second-order valence-electron chi connectivity index (χ2n) is 6.56. The lowest BCUT2D eigenvalue weighted by molar-refractivity contribution is -0.120. The average molecular weight is 388 g/mol. The summed E-state index contributed by atoms with van der Waals surface area (Å²) in [7, 11) is 0. The maximum atomic E-state index is 12.3. The number of phenolic OH excluding ortho intramolecular Hbond substituents is 1. The summed E-state index contributed by atoms with van der Waals surface area (Å²) in [6.45, 7) is 5.99. The number of fused-ring (bicyclic) bond motifs is 1. The van der Waals surface area contributed by atoms with Crippen LogP contribution in [0, 0.1) is 0 Å². The van der Waals surface area contributed by atoms with E-state index in [4.69, 9.17) is 4.74 Å². The summed E-state index contributed by atoms with van der Waals surface area (Å²) < 4.78 is 5.48. The molecule has 0 saturated heterocycles. The number of amides is 1. The molecule has 148 valence electrons. The van der Waals surface area contributed by atoms with Crippen LogP contribution in [0.4, 0.5) is 0 Å². The predicted octanol–water partition coefficient (Wildman–Crippen LogP) is 4.37. The van der Waals surface area contributed by atoms with Crippen LogP contribution in [0.5, 0.6) is 11.5 Å². The topological polar surface area (TPSA) is 70.9 Å². The lowest BCUT2D eigenvalue weighted by atomic mass is 10.0. The Balaban J connectivity index is 1.72. The van der Waals surface area contributed by atoms with E-state index in [1.807, 2.05) is 49.4 Å². The number of nitrogens with one attached hydrogen (secondary N) is 1. The highest BCUT2D eigenvalue weighted by Gasteiger charge is 2.10. The second-order valence-corrected chi connectivity index (χ2v) is 6.56. The van der Waals surface area contributed by atoms with Crippen LogP contribution in [0.1, 0.15) is 23.6 Å². The highest BCUT2D eigenvalue weighted by Crippen LogP contribution is 2.32. The van der Waals surface area contributed by atoms with Gasteiger partial charge in [0, 0.05) is 5.56 Å². The minimum Gasteiger partial charge on any atom is -0.504 e. The number of nitrogens with zero attached hydrogens (tertiary/aromatic N) is 1. The van der Waals surface area contributed by atoms with E-state index in [1.54, 1.807) is 18.2 Å². The predicted molar refractivity (Wildman–Crippen MR) is 117 cm³/mol. The van der Waals surface area contributed by atoms with Gasteiger partial charge in [0.25, 0.3) is 0 Å². The van der Waals surface area contributed by atoms with E-state index >= 15 is 0 Å². The summed E-state index contributed by atoms with van der Waals surface area (Å²) in [5.74, 6) is 0.284. The number of carbonyl (C=O) groups excluding carboxylic acids is 1. The van der Waals surface area contributed by atoms with E-state index in [9.17, 15) is 9.90 Å². The fourth-order valence-electron chi connectivity index (χ4n) is 3.18. The van der Waals surface area contributed by atoms with E-state index in [0.29, 0.717) is 29.9 Å².